The second-order valence-corrected chi connectivity index (χ2v) is 34.8. The van der Waals surface area contributed by atoms with Crippen LogP contribution in [0.1, 0.15) is 0 Å². The van der Waals surface area contributed by atoms with Gasteiger partial charge in [-0.2, -0.15) is 0 Å². The number of rotatable bonds is 14. The number of nitrogens with zero attached hydrogens (tertiary/aromatic N) is 8. The van der Waals surface area contributed by atoms with Crippen LogP contribution in [0.15, 0.2) is 473 Å². The summed E-state index contributed by atoms with van der Waals surface area (Å²) in [5.74, 6) is 0.541. The van der Waals surface area contributed by atoms with Crippen molar-refractivity contribution in [3.05, 3.63) is 473 Å². The van der Waals surface area contributed by atoms with Gasteiger partial charge in [-0.15, -0.1) is 0 Å². The van der Waals surface area contributed by atoms with E-state index in [1.54, 1.807) is 0 Å². The van der Waals surface area contributed by atoms with Crippen molar-refractivity contribution in [2.24, 2.45) is 0 Å². The summed E-state index contributed by atoms with van der Waals surface area (Å²) in [6, 6.07) is 174. The van der Waals surface area contributed by atoms with Gasteiger partial charge in [0.15, 0.2) is 0 Å². The Hall–Kier alpha value is -17.7. The molecule has 0 spiro atoms. The number of benzene rings is 20. The zero-order chi connectivity index (χ0) is 86.6. The number of aromatic nitrogens is 8. The molecule has 8 heteroatoms. The third-order valence-electron chi connectivity index (χ3n) is 27.4. The number of fused-ring (bicyclic) bond motifs is 18. The van der Waals surface area contributed by atoms with Crippen molar-refractivity contribution in [1.29, 1.82) is 0 Å². The Labute approximate surface area is 759 Å². The summed E-state index contributed by atoms with van der Waals surface area (Å²) >= 11 is 0. The Balaban J connectivity index is 0.687. The lowest BCUT2D eigenvalue weighted by Gasteiger charge is -2.15. The van der Waals surface area contributed by atoms with Gasteiger partial charge in [0.2, 0.25) is 5.95 Å². The van der Waals surface area contributed by atoms with Crippen molar-refractivity contribution in [3.8, 4) is 124 Å². The highest BCUT2D eigenvalue weighted by Gasteiger charge is 2.26. The molecule has 7 aromatic heterocycles. The molecule has 27 aromatic rings. The van der Waals surface area contributed by atoms with E-state index in [0.29, 0.717) is 5.95 Å². The molecule has 0 N–H and O–H groups in total. The molecule has 0 aliphatic rings. The number of hydrogen-bond donors (Lipinski definition) is 0. The SMILES string of the molecule is c1ccc(-c2ccccc2-c2cccc(-c3cc(-c4cccc(-n5c6cc(-c7ccc8c(c7)c7ccccc7n8-c7ccccc7)ccc6c6ccc(-c7ccc8c(c7)c7ccccc7n8-c7ccccc7)cc65)c4)nc(-n4c5cc(-c6ccc7c(c6)c6ccccc6n7-c6ccccc6)ccc5c5ccc(-c6ccc7c(c6)c6ccccc6n7-c6ccccc6)cc54)n3)c2)cc1. The molecule has 8 nitrogen and oxygen atoms in total. The Kier molecular flexibility index (Phi) is 16.9. The second kappa shape index (κ2) is 30.0. The summed E-state index contributed by atoms with van der Waals surface area (Å²) in [5, 5.41) is 14.0. The molecule has 20 aromatic carbocycles. The summed E-state index contributed by atoms with van der Waals surface area (Å²) in [6.07, 6.45) is 0. The Morgan fingerprint density at radius 3 is 0.727 bits per heavy atom. The Bertz CT molecular complexity index is 8960. The van der Waals surface area contributed by atoms with Crippen molar-refractivity contribution in [2.45, 2.75) is 0 Å². The van der Waals surface area contributed by atoms with E-state index >= 15 is 0 Å². The fraction of sp³-hybridized carbons (Fsp3) is 0. The van der Waals surface area contributed by atoms with Crippen LogP contribution in [-0.2, 0) is 0 Å². The Morgan fingerprint density at radius 2 is 0.364 bits per heavy atom. The van der Waals surface area contributed by atoms with Crippen LogP contribution in [0.4, 0.5) is 0 Å². The standard InChI is InChI=1S/C124H78N8/c1-6-28-79(29-7-1)96-42-16-17-43-97(96)88-30-26-31-89(68-88)110-78-111(126-124(125-110)132-122-76-86(82-58-66-118-108(72-82)100-46-20-24-50-114(100)129(118)93-37-12-4-13-38-93)54-62-104(122)105-63-55-87(77-123(105)132)83-59-67-119-109(73-83)101-47-21-25-51-115(101)130(119)94-39-14-5-15-40-94)90-32-27-41-95(69-90)131-120-74-84(80-56-64-116-106(70-80)98-44-18-22-48-112(98)127(116)91-33-8-2-9-34-91)52-60-102(120)103-61-53-85(75-121(103)131)81-57-65-117-107(71-81)99-45-19-23-49-113(99)128(117)92-35-10-3-11-36-92/h1-78H. The quantitative estimate of drug-likeness (QED) is 0.109. The van der Waals surface area contributed by atoms with E-state index in [9.17, 15) is 0 Å². The van der Waals surface area contributed by atoms with Gasteiger partial charge in [-0.3, -0.25) is 4.57 Å². The van der Waals surface area contributed by atoms with Gasteiger partial charge in [-0.05, 0) is 237 Å². The zero-order valence-electron chi connectivity index (χ0n) is 71.6. The fourth-order valence-electron chi connectivity index (χ4n) is 21.4. The molecular formula is C124H78N8. The van der Waals surface area contributed by atoms with Crippen molar-refractivity contribution >= 4 is 131 Å². The molecule has 0 saturated heterocycles. The topological polar surface area (TPSA) is 55.4 Å². The van der Waals surface area contributed by atoms with Gasteiger partial charge in [0.1, 0.15) is 0 Å². The number of para-hydroxylation sites is 8. The van der Waals surface area contributed by atoms with E-state index in [1.165, 1.54) is 54.1 Å². The third-order valence-corrected chi connectivity index (χ3v) is 27.4. The van der Waals surface area contributed by atoms with E-state index in [1.807, 2.05) is 0 Å². The third kappa shape index (κ3) is 11.9. The van der Waals surface area contributed by atoms with Crippen molar-refractivity contribution in [3.63, 3.8) is 0 Å². The average Bonchev–Trinajstić information content (AvgIpc) is 1.66. The van der Waals surface area contributed by atoms with E-state index in [4.69, 9.17) is 9.97 Å². The molecule has 0 radical (unpaired) electrons. The summed E-state index contributed by atoms with van der Waals surface area (Å²) in [6.45, 7) is 0. The van der Waals surface area contributed by atoms with Gasteiger partial charge in [0.25, 0.3) is 0 Å². The maximum atomic E-state index is 6.05. The molecular weight excluding hydrogens is 1600 g/mol. The first-order chi connectivity index (χ1) is 65.4. The molecule has 0 aliphatic carbocycles. The first kappa shape index (κ1) is 74.5. The van der Waals surface area contributed by atoms with Gasteiger partial charge in [0.05, 0.1) is 77.6 Å². The highest BCUT2D eigenvalue weighted by molar-refractivity contribution is 6.18. The van der Waals surface area contributed by atoms with Gasteiger partial charge in [-0.1, -0.05) is 303 Å². The highest BCUT2D eigenvalue weighted by atomic mass is 15.2. The lowest BCUT2D eigenvalue weighted by molar-refractivity contribution is 0.995. The van der Waals surface area contributed by atoms with Crippen molar-refractivity contribution < 1.29 is 0 Å². The first-order valence-corrected chi connectivity index (χ1v) is 45.2. The lowest BCUT2D eigenvalue weighted by atomic mass is 9.93. The van der Waals surface area contributed by atoms with Crippen LogP contribution < -0.4 is 0 Å². The molecule has 0 amide bonds. The van der Waals surface area contributed by atoms with Crippen LogP contribution in [0.5, 0.6) is 0 Å². The van der Waals surface area contributed by atoms with Crippen molar-refractivity contribution in [2.75, 3.05) is 0 Å². The molecule has 0 saturated carbocycles. The normalized spacial score (nSPS) is 11.9. The minimum Gasteiger partial charge on any atom is -0.309 e. The minimum atomic E-state index is 0.541. The molecule has 614 valence electrons. The maximum Gasteiger partial charge on any atom is 0.235 e. The van der Waals surface area contributed by atoms with Crippen LogP contribution in [-0.4, -0.2) is 37.4 Å². The molecule has 0 aliphatic heterocycles. The second-order valence-electron chi connectivity index (χ2n) is 34.8. The Morgan fingerprint density at radius 1 is 0.121 bits per heavy atom. The van der Waals surface area contributed by atoms with Gasteiger partial charge in [-0.25, -0.2) is 9.97 Å². The predicted octanol–water partition coefficient (Wildman–Crippen LogP) is 32.4. The predicted molar refractivity (Wildman–Crippen MR) is 552 cm³/mol. The monoisotopic (exact) mass is 1680 g/mol. The molecule has 0 fully saturated rings. The fourth-order valence-corrected chi connectivity index (χ4v) is 21.4. The van der Waals surface area contributed by atoms with Crippen LogP contribution in [0.25, 0.3) is 254 Å². The summed E-state index contributed by atoms with van der Waals surface area (Å²) in [5.41, 5.74) is 35.7. The molecule has 27 rings (SSSR count). The molecule has 7 heterocycles. The van der Waals surface area contributed by atoms with Crippen LogP contribution >= 0.6 is 0 Å². The van der Waals surface area contributed by atoms with Crippen LogP contribution in [0, 0.1) is 0 Å². The lowest BCUT2D eigenvalue weighted by Crippen LogP contribution is -2.04. The van der Waals surface area contributed by atoms with E-state index in [-0.39, 0.29) is 0 Å². The molecule has 0 bridgehead atoms. The molecule has 0 unspecified atom stereocenters. The first-order valence-electron chi connectivity index (χ1n) is 45.2. The van der Waals surface area contributed by atoms with E-state index < -0.39 is 0 Å². The van der Waals surface area contributed by atoms with Crippen LogP contribution in [0.3, 0.4) is 0 Å². The summed E-state index contributed by atoms with van der Waals surface area (Å²) in [7, 11) is 0. The van der Waals surface area contributed by atoms with Crippen molar-refractivity contribution in [1.82, 2.24) is 37.4 Å². The summed E-state index contributed by atoms with van der Waals surface area (Å²) < 4.78 is 14.4. The van der Waals surface area contributed by atoms with Crippen LogP contribution in [0.2, 0.25) is 0 Å². The maximum absolute atomic E-state index is 6.05. The largest absolute Gasteiger partial charge is 0.309 e. The van der Waals surface area contributed by atoms with Gasteiger partial charge >= 0.3 is 0 Å². The van der Waals surface area contributed by atoms with E-state index in [0.717, 1.165) is 194 Å². The van der Waals surface area contributed by atoms with Gasteiger partial charge in [0, 0.05) is 104 Å². The smallest absolute Gasteiger partial charge is 0.235 e. The summed E-state index contributed by atoms with van der Waals surface area (Å²) in [4.78, 5) is 12.0. The highest BCUT2D eigenvalue weighted by Crippen LogP contribution is 2.47. The zero-order valence-corrected chi connectivity index (χ0v) is 71.6. The molecule has 0 atom stereocenters. The molecule has 132 heavy (non-hydrogen) atoms. The average molecular weight is 1680 g/mol. The minimum absolute atomic E-state index is 0.541. The van der Waals surface area contributed by atoms with Gasteiger partial charge < -0.3 is 22.8 Å². The number of hydrogen-bond acceptors (Lipinski definition) is 2. The van der Waals surface area contributed by atoms with E-state index in [2.05, 4.69) is 501 Å².